The summed E-state index contributed by atoms with van der Waals surface area (Å²) in [7, 11) is 0. The zero-order chi connectivity index (χ0) is 21.8. The van der Waals surface area contributed by atoms with E-state index in [4.69, 9.17) is 4.74 Å². The summed E-state index contributed by atoms with van der Waals surface area (Å²) in [5.41, 5.74) is 4.64. The molecule has 0 aliphatic heterocycles. The predicted molar refractivity (Wildman–Crippen MR) is 124 cm³/mol. The number of aromatic nitrogens is 3. The lowest BCUT2D eigenvalue weighted by Gasteiger charge is -2.08. The second-order valence-corrected chi connectivity index (χ2v) is 7.28. The van der Waals surface area contributed by atoms with Crippen LogP contribution in [0.1, 0.15) is 15.9 Å². The van der Waals surface area contributed by atoms with Gasteiger partial charge in [-0.25, -0.2) is 0 Å². The molecule has 32 heavy (non-hydrogen) atoms. The summed E-state index contributed by atoms with van der Waals surface area (Å²) in [5, 5.41) is 11.9. The fourth-order valence-corrected chi connectivity index (χ4v) is 3.32. The van der Waals surface area contributed by atoms with Crippen LogP contribution in [0.25, 0.3) is 16.7 Å². The average Bonchev–Trinajstić information content (AvgIpc) is 3.28. The summed E-state index contributed by atoms with van der Waals surface area (Å²) in [6.07, 6.45) is 0. The molecule has 156 valence electrons. The molecule has 5 aromatic rings. The maximum absolute atomic E-state index is 12.7. The van der Waals surface area contributed by atoms with Crippen LogP contribution in [0.4, 0.5) is 5.69 Å². The SMILES string of the molecule is O=C(Nc1ccc2nn(-c3ccccc3)nc2c1)c1ccc(OCc2ccccc2)cc1. The van der Waals surface area contributed by atoms with Crippen LogP contribution in [-0.2, 0) is 6.61 Å². The predicted octanol–water partition coefficient (Wildman–Crippen LogP) is 5.25. The van der Waals surface area contributed by atoms with Crippen LogP contribution in [0.2, 0.25) is 0 Å². The highest BCUT2D eigenvalue weighted by Gasteiger charge is 2.09. The van der Waals surface area contributed by atoms with Gasteiger partial charge in [0.25, 0.3) is 5.91 Å². The number of nitrogens with zero attached hydrogens (tertiary/aromatic N) is 3. The molecule has 4 aromatic carbocycles. The molecular formula is C26H20N4O2. The van der Waals surface area contributed by atoms with Gasteiger partial charge in [0.1, 0.15) is 23.4 Å². The van der Waals surface area contributed by atoms with E-state index in [0.717, 1.165) is 16.8 Å². The summed E-state index contributed by atoms with van der Waals surface area (Å²) in [6.45, 7) is 0.482. The standard InChI is InChI=1S/C26H20N4O2/c31-26(20-11-14-23(15-12-20)32-18-19-7-3-1-4-8-19)27-21-13-16-24-25(17-21)29-30(28-24)22-9-5-2-6-10-22/h1-17H,18H2,(H,27,31). The number of fused-ring (bicyclic) bond motifs is 1. The molecule has 0 aliphatic carbocycles. The number of carbonyl (C=O) groups excluding carboxylic acids is 1. The molecule has 0 atom stereocenters. The fraction of sp³-hybridized carbons (Fsp3) is 0.0385. The number of hydrogen-bond donors (Lipinski definition) is 1. The number of carbonyl (C=O) groups is 1. The van der Waals surface area contributed by atoms with Crippen LogP contribution in [0.5, 0.6) is 5.75 Å². The Kier molecular flexibility index (Phi) is 5.32. The van der Waals surface area contributed by atoms with Crippen molar-refractivity contribution in [2.75, 3.05) is 5.32 Å². The molecule has 1 aromatic heterocycles. The van der Waals surface area contributed by atoms with Crippen molar-refractivity contribution in [3.05, 3.63) is 114 Å². The molecular weight excluding hydrogens is 400 g/mol. The normalized spacial score (nSPS) is 10.8. The third-order valence-electron chi connectivity index (χ3n) is 4.99. The van der Waals surface area contributed by atoms with Crippen LogP contribution < -0.4 is 10.1 Å². The molecule has 0 saturated heterocycles. The Morgan fingerprint density at radius 3 is 2.22 bits per heavy atom. The zero-order valence-electron chi connectivity index (χ0n) is 17.2. The lowest BCUT2D eigenvalue weighted by atomic mass is 10.2. The molecule has 0 bridgehead atoms. The van der Waals surface area contributed by atoms with Crippen molar-refractivity contribution >= 4 is 22.6 Å². The number of para-hydroxylation sites is 1. The highest BCUT2D eigenvalue weighted by atomic mass is 16.5. The van der Waals surface area contributed by atoms with Crippen molar-refractivity contribution in [3.8, 4) is 11.4 Å². The smallest absolute Gasteiger partial charge is 0.255 e. The molecule has 0 unspecified atom stereocenters. The van der Waals surface area contributed by atoms with Crippen molar-refractivity contribution < 1.29 is 9.53 Å². The molecule has 0 radical (unpaired) electrons. The summed E-state index contributed by atoms with van der Waals surface area (Å²) in [6, 6.07) is 32.2. The van der Waals surface area contributed by atoms with E-state index in [0.29, 0.717) is 29.1 Å². The molecule has 0 spiro atoms. The summed E-state index contributed by atoms with van der Waals surface area (Å²) >= 11 is 0. The first-order valence-corrected chi connectivity index (χ1v) is 10.3. The van der Waals surface area contributed by atoms with Gasteiger partial charge >= 0.3 is 0 Å². The van der Waals surface area contributed by atoms with Gasteiger partial charge < -0.3 is 10.1 Å². The fourth-order valence-electron chi connectivity index (χ4n) is 3.32. The lowest BCUT2D eigenvalue weighted by Crippen LogP contribution is -2.11. The largest absolute Gasteiger partial charge is 0.489 e. The van der Waals surface area contributed by atoms with E-state index in [9.17, 15) is 4.79 Å². The Hall–Kier alpha value is -4.45. The Labute approximate surface area is 185 Å². The third-order valence-corrected chi connectivity index (χ3v) is 4.99. The zero-order valence-corrected chi connectivity index (χ0v) is 17.2. The molecule has 0 fully saturated rings. The number of hydrogen-bond acceptors (Lipinski definition) is 4. The Morgan fingerprint density at radius 1 is 0.781 bits per heavy atom. The van der Waals surface area contributed by atoms with E-state index in [1.54, 1.807) is 29.1 Å². The van der Waals surface area contributed by atoms with E-state index in [2.05, 4.69) is 15.5 Å². The first kappa shape index (κ1) is 19.5. The van der Waals surface area contributed by atoms with Gasteiger partial charge in [-0.3, -0.25) is 4.79 Å². The monoisotopic (exact) mass is 420 g/mol. The number of rotatable bonds is 6. The van der Waals surface area contributed by atoms with E-state index in [1.165, 1.54) is 0 Å². The Bertz CT molecular complexity index is 1350. The van der Waals surface area contributed by atoms with Crippen molar-refractivity contribution in [2.24, 2.45) is 0 Å². The number of ether oxygens (including phenoxy) is 1. The maximum atomic E-state index is 12.7. The Balaban J connectivity index is 1.26. The van der Waals surface area contributed by atoms with E-state index in [1.807, 2.05) is 78.9 Å². The number of anilines is 1. The van der Waals surface area contributed by atoms with Gasteiger partial charge in [-0.15, -0.1) is 10.2 Å². The minimum atomic E-state index is -0.200. The molecule has 0 saturated carbocycles. The summed E-state index contributed by atoms with van der Waals surface area (Å²) in [4.78, 5) is 14.3. The van der Waals surface area contributed by atoms with Crippen LogP contribution in [0.15, 0.2) is 103 Å². The molecule has 5 rings (SSSR count). The molecule has 0 aliphatic rings. The highest BCUT2D eigenvalue weighted by Crippen LogP contribution is 2.19. The number of nitrogens with one attached hydrogen (secondary N) is 1. The molecule has 1 heterocycles. The average molecular weight is 420 g/mol. The van der Waals surface area contributed by atoms with Gasteiger partial charge in [-0.2, -0.15) is 4.80 Å². The summed E-state index contributed by atoms with van der Waals surface area (Å²) < 4.78 is 5.78. The van der Waals surface area contributed by atoms with Gasteiger partial charge in [0.2, 0.25) is 0 Å². The molecule has 6 nitrogen and oxygen atoms in total. The molecule has 1 N–H and O–H groups in total. The van der Waals surface area contributed by atoms with Gasteiger partial charge in [0.05, 0.1) is 5.69 Å². The molecule has 1 amide bonds. The van der Waals surface area contributed by atoms with Gasteiger partial charge in [-0.1, -0.05) is 48.5 Å². The highest BCUT2D eigenvalue weighted by molar-refractivity contribution is 6.05. The van der Waals surface area contributed by atoms with E-state index < -0.39 is 0 Å². The molecule has 6 heteroatoms. The van der Waals surface area contributed by atoms with Crippen LogP contribution in [0, 0.1) is 0 Å². The van der Waals surface area contributed by atoms with Crippen LogP contribution >= 0.6 is 0 Å². The van der Waals surface area contributed by atoms with Crippen molar-refractivity contribution in [1.29, 1.82) is 0 Å². The third kappa shape index (κ3) is 4.34. The quantitative estimate of drug-likeness (QED) is 0.407. The van der Waals surface area contributed by atoms with E-state index in [-0.39, 0.29) is 5.91 Å². The van der Waals surface area contributed by atoms with Crippen molar-refractivity contribution in [2.45, 2.75) is 6.61 Å². The summed E-state index contributed by atoms with van der Waals surface area (Å²) in [5.74, 6) is 0.513. The van der Waals surface area contributed by atoms with Crippen LogP contribution in [0.3, 0.4) is 0 Å². The van der Waals surface area contributed by atoms with Crippen LogP contribution in [-0.4, -0.2) is 20.9 Å². The van der Waals surface area contributed by atoms with Gasteiger partial charge in [-0.05, 0) is 60.2 Å². The number of amides is 1. The Morgan fingerprint density at radius 2 is 1.47 bits per heavy atom. The van der Waals surface area contributed by atoms with Crippen molar-refractivity contribution in [3.63, 3.8) is 0 Å². The topological polar surface area (TPSA) is 69.0 Å². The van der Waals surface area contributed by atoms with Gasteiger partial charge in [0, 0.05) is 11.3 Å². The first-order valence-electron chi connectivity index (χ1n) is 10.3. The lowest BCUT2D eigenvalue weighted by molar-refractivity contribution is 0.102. The maximum Gasteiger partial charge on any atom is 0.255 e. The minimum absolute atomic E-state index is 0.200. The van der Waals surface area contributed by atoms with E-state index >= 15 is 0 Å². The second-order valence-electron chi connectivity index (χ2n) is 7.28. The minimum Gasteiger partial charge on any atom is -0.489 e. The van der Waals surface area contributed by atoms with Gasteiger partial charge in [0.15, 0.2) is 0 Å². The second kappa shape index (κ2) is 8.73. The number of benzene rings is 4. The van der Waals surface area contributed by atoms with Crippen molar-refractivity contribution in [1.82, 2.24) is 15.0 Å². The first-order chi connectivity index (χ1) is 15.7.